The number of nitrogens with zero attached hydrogens (tertiary/aromatic N) is 2. The summed E-state index contributed by atoms with van der Waals surface area (Å²) in [6.07, 6.45) is 1.50. The normalized spacial score (nSPS) is 17.0. The molecule has 3 aromatic rings. The van der Waals surface area contributed by atoms with E-state index in [1.54, 1.807) is 22.5 Å². The quantitative estimate of drug-likeness (QED) is 0.733. The number of hydrogen-bond acceptors (Lipinski definition) is 3. The molecule has 0 unspecified atom stereocenters. The van der Waals surface area contributed by atoms with Crippen LogP contribution in [0.15, 0.2) is 47.4 Å². The molecule has 0 atom stereocenters. The van der Waals surface area contributed by atoms with Crippen LogP contribution in [-0.2, 0) is 10.0 Å². The van der Waals surface area contributed by atoms with Crippen molar-refractivity contribution in [2.45, 2.75) is 30.6 Å². The first-order valence-electron chi connectivity index (χ1n) is 8.65. The number of aromatic nitrogens is 2. The Morgan fingerprint density at radius 1 is 1.15 bits per heavy atom. The van der Waals surface area contributed by atoms with Gasteiger partial charge in [0.2, 0.25) is 10.0 Å². The van der Waals surface area contributed by atoms with Crippen LogP contribution >= 0.6 is 11.6 Å². The second-order valence-corrected chi connectivity index (χ2v) is 9.15. The lowest BCUT2D eigenvalue weighted by atomic mass is 9.97. The molecule has 1 N–H and O–H groups in total. The number of fused-ring (bicyclic) bond motifs is 1. The van der Waals surface area contributed by atoms with E-state index in [-0.39, 0.29) is 10.8 Å². The van der Waals surface area contributed by atoms with Crippen molar-refractivity contribution in [2.75, 3.05) is 13.1 Å². The molecule has 0 bridgehead atoms. The summed E-state index contributed by atoms with van der Waals surface area (Å²) in [5.74, 6) is 1.19. The zero-order chi connectivity index (χ0) is 18.3. The van der Waals surface area contributed by atoms with Gasteiger partial charge in [-0.15, -0.1) is 0 Å². The van der Waals surface area contributed by atoms with Gasteiger partial charge in [-0.05, 0) is 55.7 Å². The van der Waals surface area contributed by atoms with Crippen molar-refractivity contribution in [3.05, 3.63) is 58.9 Å². The molecule has 0 saturated carbocycles. The van der Waals surface area contributed by atoms with E-state index in [2.05, 4.69) is 18.0 Å². The van der Waals surface area contributed by atoms with E-state index in [1.165, 1.54) is 11.6 Å². The third kappa shape index (κ3) is 3.24. The maximum absolute atomic E-state index is 12.8. The van der Waals surface area contributed by atoms with E-state index in [1.807, 2.05) is 12.1 Å². The van der Waals surface area contributed by atoms with Crippen molar-refractivity contribution in [2.24, 2.45) is 0 Å². The third-order valence-corrected chi connectivity index (χ3v) is 7.06. The van der Waals surface area contributed by atoms with Crippen LogP contribution in [0.3, 0.4) is 0 Å². The minimum Gasteiger partial charge on any atom is -0.342 e. The Morgan fingerprint density at radius 2 is 1.92 bits per heavy atom. The molecule has 5 nitrogen and oxygen atoms in total. The van der Waals surface area contributed by atoms with Gasteiger partial charge in [0.1, 0.15) is 5.82 Å². The van der Waals surface area contributed by atoms with Crippen LogP contribution in [0, 0.1) is 6.92 Å². The number of aromatic amines is 1. The lowest BCUT2D eigenvalue weighted by Gasteiger charge is -2.30. The van der Waals surface area contributed by atoms with Crippen molar-refractivity contribution < 1.29 is 8.42 Å². The summed E-state index contributed by atoms with van der Waals surface area (Å²) in [4.78, 5) is 8.35. The van der Waals surface area contributed by atoms with Gasteiger partial charge in [-0.25, -0.2) is 13.4 Å². The van der Waals surface area contributed by atoms with Gasteiger partial charge in [-0.2, -0.15) is 4.31 Å². The van der Waals surface area contributed by atoms with Gasteiger partial charge in [0.05, 0.1) is 15.9 Å². The predicted octanol–water partition coefficient (Wildman–Crippen LogP) is 4.09. The maximum atomic E-state index is 12.8. The zero-order valence-corrected chi connectivity index (χ0v) is 16.0. The first-order chi connectivity index (χ1) is 12.4. The fraction of sp³-hybridized carbons (Fsp3) is 0.316. The fourth-order valence-corrected chi connectivity index (χ4v) is 5.25. The molecule has 4 rings (SSSR count). The van der Waals surface area contributed by atoms with Crippen molar-refractivity contribution >= 4 is 32.7 Å². The van der Waals surface area contributed by atoms with Crippen LogP contribution in [-0.4, -0.2) is 35.8 Å². The summed E-state index contributed by atoms with van der Waals surface area (Å²) in [6.45, 7) is 3.02. The number of benzene rings is 2. The Morgan fingerprint density at radius 3 is 2.65 bits per heavy atom. The lowest BCUT2D eigenvalue weighted by Crippen LogP contribution is -2.38. The number of sulfonamides is 1. The second kappa shape index (κ2) is 6.68. The minimum absolute atomic E-state index is 0.244. The Balaban J connectivity index is 1.51. The second-order valence-electron chi connectivity index (χ2n) is 6.78. The van der Waals surface area contributed by atoms with E-state index >= 15 is 0 Å². The largest absolute Gasteiger partial charge is 0.342 e. The Kier molecular flexibility index (Phi) is 4.50. The van der Waals surface area contributed by atoms with Crippen LogP contribution < -0.4 is 0 Å². The molecule has 1 aliphatic heterocycles. The van der Waals surface area contributed by atoms with Crippen LogP contribution in [0.4, 0.5) is 0 Å². The monoisotopic (exact) mass is 389 g/mol. The molecule has 136 valence electrons. The smallest absolute Gasteiger partial charge is 0.243 e. The number of piperidine rings is 1. The number of nitrogens with one attached hydrogen (secondary N) is 1. The average molecular weight is 390 g/mol. The average Bonchev–Trinajstić information content (AvgIpc) is 3.05. The molecule has 1 saturated heterocycles. The number of halogens is 1. The Bertz CT molecular complexity index is 1050. The highest BCUT2D eigenvalue weighted by atomic mass is 35.5. The van der Waals surface area contributed by atoms with E-state index in [4.69, 9.17) is 16.6 Å². The summed E-state index contributed by atoms with van der Waals surface area (Å²) in [5.41, 5.74) is 3.18. The molecule has 0 aliphatic carbocycles. The number of rotatable bonds is 3. The van der Waals surface area contributed by atoms with Crippen LogP contribution in [0.1, 0.15) is 30.1 Å². The summed E-state index contributed by atoms with van der Waals surface area (Å²) in [7, 11) is -3.50. The van der Waals surface area contributed by atoms with Crippen LogP contribution in [0.25, 0.3) is 11.0 Å². The molecule has 0 amide bonds. The van der Waals surface area contributed by atoms with Crippen molar-refractivity contribution in [1.82, 2.24) is 14.3 Å². The van der Waals surface area contributed by atoms with E-state index in [9.17, 15) is 8.42 Å². The topological polar surface area (TPSA) is 66.1 Å². The highest BCUT2D eigenvalue weighted by Crippen LogP contribution is 2.31. The third-order valence-electron chi connectivity index (χ3n) is 4.93. The molecule has 2 aromatic carbocycles. The number of imidazole rings is 1. The highest BCUT2D eigenvalue weighted by Gasteiger charge is 2.31. The van der Waals surface area contributed by atoms with E-state index in [0.29, 0.717) is 18.1 Å². The SMILES string of the molecule is Cc1ccc2nc(C3CCN(S(=O)(=O)c4cccc(Cl)c4)CC3)[nH]c2c1. The summed E-state index contributed by atoms with van der Waals surface area (Å²) >= 11 is 5.95. The van der Waals surface area contributed by atoms with Crippen LogP contribution in [0.2, 0.25) is 5.02 Å². The zero-order valence-electron chi connectivity index (χ0n) is 14.4. The van der Waals surface area contributed by atoms with Gasteiger partial charge in [-0.1, -0.05) is 23.7 Å². The molecule has 7 heteroatoms. The van der Waals surface area contributed by atoms with Gasteiger partial charge in [0.25, 0.3) is 0 Å². The Labute approximate surface area is 158 Å². The summed E-state index contributed by atoms with van der Waals surface area (Å²) in [6, 6.07) is 12.6. The standard InChI is InChI=1S/C19H20ClN3O2S/c1-13-5-6-17-18(11-13)22-19(21-17)14-7-9-23(10-8-14)26(24,25)16-4-2-3-15(20)12-16/h2-6,11-12,14H,7-10H2,1H3,(H,21,22). The molecule has 0 radical (unpaired) electrons. The summed E-state index contributed by atoms with van der Waals surface area (Å²) < 4.78 is 27.2. The molecule has 1 fully saturated rings. The van der Waals surface area contributed by atoms with Gasteiger partial charge in [0, 0.05) is 24.0 Å². The number of H-pyrrole nitrogens is 1. The van der Waals surface area contributed by atoms with E-state index in [0.717, 1.165) is 29.7 Å². The molecule has 1 aromatic heterocycles. The fourth-order valence-electron chi connectivity index (χ4n) is 3.48. The molecular formula is C19H20ClN3O2S. The van der Waals surface area contributed by atoms with E-state index < -0.39 is 10.0 Å². The molecule has 1 aliphatic rings. The highest BCUT2D eigenvalue weighted by molar-refractivity contribution is 7.89. The van der Waals surface area contributed by atoms with Gasteiger partial charge in [0.15, 0.2) is 0 Å². The molecule has 0 spiro atoms. The Hall–Kier alpha value is -1.89. The lowest BCUT2D eigenvalue weighted by molar-refractivity contribution is 0.314. The number of aryl methyl sites for hydroxylation is 1. The van der Waals surface area contributed by atoms with Crippen LogP contribution in [0.5, 0.6) is 0 Å². The molecule has 2 heterocycles. The first kappa shape index (κ1) is 17.5. The van der Waals surface area contributed by atoms with Crippen molar-refractivity contribution in [3.63, 3.8) is 0 Å². The van der Waals surface area contributed by atoms with Crippen molar-refractivity contribution in [1.29, 1.82) is 0 Å². The maximum Gasteiger partial charge on any atom is 0.243 e. The van der Waals surface area contributed by atoms with Gasteiger partial charge >= 0.3 is 0 Å². The van der Waals surface area contributed by atoms with Gasteiger partial charge in [-0.3, -0.25) is 0 Å². The number of hydrogen-bond donors (Lipinski definition) is 1. The first-order valence-corrected chi connectivity index (χ1v) is 10.5. The molecular weight excluding hydrogens is 370 g/mol. The molecule has 26 heavy (non-hydrogen) atoms. The van der Waals surface area contributed by atoms with Crippen molar-refractivity contribution in [3.8, 4) is 0 Å². The minimum atomic E-state index is -3.50. The predicted molar refractivity (Wildman–Crippen MR) is 103 cm³/mol. The summed E-state index contributed by atoms with van der Waals surface area (Å²) in [5, 5.41) is 0.429. The van der Waals surface area contributed by atoms with Gasteiger partial charge < -0.3 is 4.98 Å².